The molecule has 19 heavy (non-hydrogen) atoms. The van der Waals surface area contributed by atoms with Gasteiger partial charge < -0.3 is 4.57 Å². The highest BCUT2D eigenvalue weighted by Gasteiger charge is 2.24. The zero-order valence-electron chi connectivity index (χ0n) is 10.9. The molecular formula is C13H14Br2ClN3. The van der Waals surface area contributed by atoms with E-state index in [1.165, 1.54) is 0 Å². The zero-order chi connectivity index (χ0) is 14.2. The molecule has 1 aromatic carbocycles. The Morgan fingerprint density at radius 1 is 1.26 bits per heavy atom. The second-order valence-electron chi connectivity index (χ2n) is 5.20. The summed E-state index contributed by atoms with van der Waals surface area (Å²) in [5, 5.41) is 9.94. The Bertz CT molecular complexity index is 602. The van der Waals surface area contributed by atoms with E-state index in [-0.39, 0.29) is 5.54 Å². The third kappa shape index (κ3) is 3.03. The summed E-state index contributed by atoms with van der Waals surface area (Å²) in [7, 11) is 0. The zero-order valence-corrected chi connectivity index (χ0v) is 14.8. The Balaban J connectivity index is 2.66. The van der Waals surface area contributed by atoms with Crippen molar-refractivity contribution in [1.29, 1.82) is 0 Å². The Morgan fingerprint density at radius 3 is 2.47 bits per heavy atom. The summed E-state index contributed by atoms with van der Waals surface area (Å²) in [6.45, 7) is 6.40. The van der Waals surface area contributed by atoms with Gasteiger partial charge >= 0.3 is 0 Å². The van der Waals surface area contributed by atoms with Crippen LogP contribution < -0.4 is 0 Å². The standard InChI is InChI=1S/C13H14Br2ClN3/c1-13(2,3)19-11(7-14)17-18-12(19)9-5-4-8(16)6-10(9)15/h4-6H,7H2,1-3H3. The van der Waals surface area contributed by atoms with Crippen molar-refractivity contribution in [2.75, 3.05) is 0 Å². The van der Waals surface area contributed by atoms with E-state index in [0.717, 1.165) is 21.7 Å². The van der Waals surface area contributed by atoms with Crippen molar-refractivity contribution in [3.8, 4) is 11.4 Å². The van der Waals surface area contributed by atoms with Crippen molar-refractivity contribution in [2.24, 2.45) is 0 Å². The van der Waals surface area contributed by atoms with E-state index in [2.05, 4.69) is 67.4 Å². The molecule has 0 saturated carbocycles. The highest BCUT2D eigenvalue weighted by Crippen LogP contribution is 2.33. The lowest BCUT2D eigenvalue weighted by atomic mass is 10.1. The summed E-state index contributed by atoms with van der Waals surface area (Å²) in [5.41, 5.74) is 0.889. The van der Waals surface area contributed by atoms with Crippen molar-refractivity contribution in [2.45, 2.75) is 31.6 Å². The van der Waals surface area contributed by atoms with E-state index in [9.17, 15) is 0 Å². The molecule has 0 fully saturated rings. The Labute approximate surface area is 134 Å². The van der Waals surface area contributed by atoms with Gasteiger partial charge in [-0.05, 0) is 54.9 Å². The van der Waals surface area contributed by atoms with Gasteiger partial charge in [-0.25, -0.2) is 0 Å². The maximum atomic E-state index is 5.99. The molecule has 102 valence electrons. The lowest BCUT2D eigenvalue weighted by Gasteiger charge is -2.25. The van der Waals surface area contributed by atoms with Crippen molar-refractivity contribution < 1.29 is 0 Å². The van der Waals surface area contributed by atoms with Gasteiger partial charge in [-0.1, -0.05) is 27.5 Å². The molecule has 2 aromatic rings. The maximum absolute atomic E-state index is 5.99. The van der Waals surface area contributed by atoms with E-state index >= 15 is 0 Å². The fraction of sp³-hybridized carbons (Fsp3) is 0.385. The van der Waals surface area contributed by atoms with E-state index in [1.54, 1.807) is 0 Å². The smallest absolute Gasteiger partial charge is 0.165 e. The minimum Gasteiger partial charge on any atom is -0.305 e. The number of rotatable bonds is 2. The monoisotopic (exact) mass is 405 g/mol. The van der Waals surface area contributed by atoms with E-state index in [4.69, 9.17) is 11.6 Å². The SMILES string of the molecule is CC(C)(C)n1c(CBr)nnc1-c1ccc(Cl)cc1Br. The van der Waals surface area contributed by atoms with Gasteiger partial charge in [0.2, 0.25) is 0 Å². The summed E-state index contributed by atoms with van der Waals surface area (Å²) >= 11 is 13.0. The first kappa shape index (κ1) is 15.0. The normalized spacial score (nSPS) is 11.9. The first-order chi connectivity index (χ1) is 8.84. The van der Waals surface area contributed by atoms with Crippen LogP contribution in [0.25, 0.3) is 11.4 Å². The molecule has 6 heteroatoms. The van der Waals surface area contributed by atoms with Gasteiger partial charge in [-0.15, -0.1) is 10.2 Å². The molecule has 1 heterocycles. The third-order valence-corrected chi connectivity index (χ3v) is 4.09. The molecule has 0 atom stereocenters. The predicted molar refractivity (Wildman–Crippen MR) is 85.8 cm³/mol. The number of benzene rings is 1. The van der Waals surface area contributed by atoms with Gasteiger partial charge in [0, 0.05) is 20.6 Å². The molecule has 0 aliphatic rings. The molecule has 3 nitrogen and oxygen atoms in total. The molecule has 0 N–H and O–H groups in total. The third-order valence-electron chi connectivity index (χ3n) is 2.69. The Kier molecular flexibility index (Phi) is 4.38. The molecule has 0 spiro atoms. The molecule has 1 aromatic heterocycles. The van der Waals surface area contributed by atoms with Crippen LogP contribution in [0.4, 0.5) is 0 Å². The summed E-state index contributed by atoms with van der Waals surface area (Å²) in [6.07, 6.45) is 0. The van der Waals surface area contributed by atoms with Crippen LogP contribution in [0.3, 0.4) is 0 Å². The molecule has 0 saturated heterocycles. The molecule has 0 bridgehead atoms. The van der Waals surface area contributed by atoms with Crippen LogP contribution in [0.2, 0.25) is 5.02 Å². The summed E-state index contributed by atoms with van der Waals surface area (Å²) in [6, 6.07) is 5.68. The first-order valence-electron chi connectivity index (χ1n) is 5.80. The maximum Gasteiger partial charge on any atom is 0.165 e. The first-order valence-corrected chi connectivity index (χ1v) is 8.10. The second-order valence-corrected chi connectivity index (χ2v) is 7.06. The van der Waals surface area contributed by atoms with Crippen LogP contribution in [0.1, 0.15) is 26.6 Å². The van der Waals surface area contributed by atoms with Gasteiger partial charge in [0.1, 0.15) is 5.82 Å². The van der Waals surface area contributed by atoms with Crippen molar-refractivity contribution in [3.05, 3.63) is 33.5 Å². The summed E-state index contributed by atoms with van der Waals surface area (Å²) in [4.78, 5) is 0. The van der Waals surface area contributed by atoms with Crippen molar-refractivity contribution in [1.82, 2.24) is 14.8 Å². The molecule has 0 aliphatic heterocycles. The van der Waals surface area contributed by atoms with Gasteiger partial charge in [-0.3, -0.25) is 0 Å². The highest BCUT2D eigenvalue weighted by atomic mass is 79.9. The number of nitrogens with zero attached hydrogens (tertiary/aromatic N) is 3. The molecule has 0 aliphatic carbocycles. The molecule has 0 amide bonds. The average Bonchev–Trinajstić information content (AvgIpc) is 2.72. The van der Waals surface area contributed by atoms with E-state index in [0.29, 0.717) is 10.4 Å². The van der Waals surface area contributed by atoms with Crippen LogP contribution in [0.5, 0.6) is 0 Å². The van der Waals surface area contributed by atoms with Crippen molar-refractivity contribution in [3.63, 3.8) is 0 Å². The fourth-order valence-electron chi connectivity index (χ4n) is 1.95. The van der Waals surface area contributed by atoms with Crippen LogP contribution >= 0.6 is 43.5 Å². The van der Waals surface area contributed by atoms with Gasteiger partial charge in [0.15, 0.2) is 5.82 Å². The van der Waals surface area contributed by atoms with E-state index < -0.39 is 0 Å². The quantitative estimate of drug-likeness (QED) is 0.655. The molecule has 0 unspecified atom stereocenters. The number of halogens is 3. The number of alkyl halides is 1. The predicted octanol–water partition coefficient (Wildman–Crippen LogP) is 5.01. The van der Waals surface area contributed by atoms with Gasteiger partial charge in [0.25, 0.3) is 0 Å². The highest BCUT2D eigenvalue weighted by molar-refractivity contribution is 9.10. The number of hydrogen-bond donors (Lipinski definition) is 0. The van der Waals surface area contributed by atoms with Crippen molar-refractivity contribution >= 4 is 43.5 Å². The number of aromatic nitrogens is 3. The average molecular weight is 408 g/mol. The molecule has 0 radical (unpaired) electrons. The summed E-state index contributed by atoms with van der Waals surface area (Å²) < 4.78 is 3.05. The van der Waals surface area contributed by atoms with E-state index in [1.807, 2.05) is 18.2 Å². The van der Waals surface area contributed by atoms with Crippen LogP contribution in [-0.2, 0) is 10.9 Å². The minimum absolute atomic E-state index is 0.0962. The lowest BCUT2D eigenvalue weighted by Crippen LogP contribution is -2.24. The lowest BCUT2D eigenvalue weighted by molar-refractivity contribution is 0.391. The van der Waals surface area contributed by atoms with Crippen LogP contribution in [0, 0.1) is 0 Å². The van der Waals surface area contributed by atoms with Crippen LogP contribution in [0.15, 0.2) is 22.7 Å². The molecular weight excluding hydrogens is 393 g/mol. The number of hydrogen-bond acceptors (Lipinski definition) is 2. The Hall–Kier alpha value is -0.390. The van der Waals surface area contributed by atoms with Gasteiger partial charge in [0.05, 0.1) is 5.33 Å². The van der Waals surface area contributed by atoms with Crippen LogP contribution in [-0.4, -0.2) is 14.8 Å². The topological polar surface area (TPSA) is 30.7 Å². The fourth-order valence-corrected chi connectivity index (χ4v) is 3.18. The molecule has 2 rings (SSSR count). The summed E-state index contributed by atoms with van der Waals surface area (Å²) in [5.74, 6) is 1.75. The largest absolute Gasteiger partial charge is 0.305 e. The Morgan fingerprint density at radius 2 is 1.95 bits per heavy atom. The minimum atomic E-state index is -0.0962. The van der Waals surface area contributed by atoms with Gasteiger partial charge in [-0.2, -0.15) is 0 Å². The second kappa shape index (κ2) is 5.54.